The molecule has 5 aromatic rings. The van der Waals surface area contributed by atoms with Crippen molar-refractivity contribution < 1.29 is 22.4 Å². The topological polar surface area (TPSA) is 177 Å². The fourth-order valence-electron chi connectivity index (χ4n) is 9.14. The number of amides is 2. The van der Waals surface area contributed by atoms with Gasteiger partial charge in [0.1, 0.15) is 22.4 Å². The molecule has 0 radical (unpaired) electrons. The second-order valence-electron chi connectivity index (χ2n) is 16.8. The molecule has 2 amide bonds. The number of aromatic nitrogens is 5. The molecule has 19 heteroatoms. The predicted octanol–water partition coefficient (Wildman–Crippen LogP) is 4.80. The van der Waals surface area contributed by atoms with Crippen LogP contribution in [0.25, 0.3) is 22.1 Å². The Balaban J connectivity index is 0.880. The first-order valence-corrected chi connectivity index (χ1v) is 22.4. The molecule has 3 aromatic heterocycles. The molecule has 8 rings (SSSR count). The van der Waals surface area contributed by atoms with Gasteiger partial charge in [-0.1, -0.05) is 17.7 Å². The van der Waals surface area contributed by atoms with Crippen LogP contribution in [0.15, 0.2) is 63.1 Å². The molecule has 0 aliphatic carbocycles. The third kappa shape index (κ3) is 7.94. The highest BCUT2D eigenvalue weighted by Gasteiger charge is 2.41. The first-order chi connectivity index (χ1) is 29.0. The molecule has 3 aliphatic rings. The SMILES string of the molecule is Cc1cc(S(=O)(=O)N2CCC(F)(CN(C)C3CCN(c4cccc5c4n(C)c(=O)n5C4CCC(=O)NC4=O)CC3)CC2)ccc1Nc1ncc2cc(Cl)c(=O)n(C(C)C)c2n1. The molecule has 0 saturated carbocycles. The zero-order valence-corrected chi connectivity index (χ0v) is 36.4. The van der Waals surface area contributed by atoms with Crippen LogP contribution in [0.2, 0.25) is 5.02 Å². The Morgan fingerprint density at radius 2 is 1.75 bits per heavy atom. The van der Waals surface area contributed by atoms with Gasteiger partial charge in [-0.15, -0.1) is 0 Å². The number of fused-ring (bicyclic) bond motifs is 2. The molecule has 3 saturated heterocycles. The van der Waals surface area contributed by atoms with Crippen molar-refractivity contribution in [2.75, 3.05) is 50.0 Å². The van der Waals surface area contributed by atoms with Gasteiger partial charge in [-0.25, -0.2) is 22.6 Å². The van der Waals surface area contributed by atoms with Gasteiger partial charge >= 0.3 is 5.69 Å². The van der Waals surface area contributed by atoms with Gasteiger partial charge in [-0.05, 0) is 102 Å². The van der Waals surface area contributed by atoms with Crippen LogP contribution in [0.3, 0.4) is 0 Å². The van der Waals surface area contributed by atoms with E-state index >= 15 is 4.39 Å². The van der Waals surface area contributed by atoms with E-state index in [0.29, 0.717) is 40.9 Å². The monoisotopic (exact) mass is 876 g/mol. The van der Waals surface area contributed by atoms with Gasteiger partial charge in [0, 0.05) is 75.5 Å². The number of para-hydroxylation sites is 1. The van der Waals surface area contributed by atoms with Gasteiger partial charge in [0.2, 0.25) is 27.8 Å². The Bertz CT molecular complexity index is 2790. The highest BCUT2D eigenvalue weighted by atomic mass is 35.5. The number of aryl methyl sites for hydroxylation is 2. The van der Waals surface area contributed by atoms with Crippen LogP contribution >= 0.6 is 11.6 Å². The second-order valence-corrected chi connectivity index (χ2v) is 19.2. The molecule has 0 bridgehead atoms. The van der Waals surface area contributed by atoms with Crippen molar-refractivity contribution in [3.63, 3.8) is 0 Å². The van der Waals surface area contributed by atoms with Crippen molar-refractivity contribution in [2.24, 2.45) is 7.05 Å². The van der Waals surface area contributed by atoms with Crippen LogP contribution in [0.1, 0.15) is 70.0 Å². The van der Waals surface area contributed by atoms with E-state index in [0.717, 1.165) is 24.0 Å². The van der Waals surface area contributed by atoms with E-state index in [1.54, 1.807) is 36.9 Å². The number of alkyl halides is 1. The van der Waals surface area contributed by atoms with Gasteiger partial charge in [0.25, 0.3) is 5.56 Å². The number of sulfonamides is 1. The number of imidazole rings is 1. The maximum absolute atomic E-state index is 16.5. The minimum atomic E-state index is -3.91. The number of pyridine rings is 1. The number of rotatable bonds is 10. The van der Waals surface area contributed by atoms with Gasteiger partial charge in [-0.2, -0.15) is 9.29 Å². The van der Waals surface area contributed by atoms with E-state index in [-0.39, 0.29) is 90.4 Å². The number of anilines is 3. The summed E-state index contributed by atoms with van der Waals surface area (Å²) in [5, 5.41) is 6.19. The minimum absolute atomic E-state index is 0.0534. The normalized spacial score (nSPS) is 19.4. The molecule has 2 N–H and O–H groups in total. The summed E-state index contributed by atoms with van der Waals surface area (Å²) in [6.45, 7) is 7.14. The largest absolute Gasteiger partial charge is 0.370 e. The lowest BCUT2D eigenvalue weighted by Crippen LogP contribution is -2.52. The molecule has 3 aliphatic heterocycles. The lowest BCUT2D eigenvalue weighted by molar-refractivity contribution is -0.135. The Hall–Kier alpha value is -5.17. The summed E-state index contributed by atoms with van der Waals surface area (Å²) < 4.78 is 50.0. The molecule has 6 heterocycles. The Morgan fingerprint density at radius 3 is 2.43 bits per heavy atom. The number of benzene rings is 2. The van der Waals surface area contributed by atoms with E-state index in [4.69, 9.17) is 11.6 Å². The fraction of sp³-hybridized carbons (Fsp3) is 0.476. The van der Waals surface area contributed by atoms with Crippen LogP contribution in [-0.2, 0) is 26.7 Å². The smallest absolute Gasteiger partial charge is 0.329 e. The number of carbonyl (C=O) groups excluding carboxylic acids is 2. The number of nitrogens with one attached hydrogen (secondary N) is 2. The third-order valence-electron chi connectivity index (χ3n) is 12.5. The standard InChI is InChI=1S/C42H50ClFN10O6S/c1-25(2)53-37-27(22-30(43)39(53)57)23-45-40(48-37)46-31-10-9-29(21-26(31)3)61(59,60)52-19-15-42(44,16-20-52)24-49(4)28-13-17-51(18-14-28)32-7-6-8-33-36(32)50(5)41(58)54(33)34-11-12-35(55)47-38(34)56/h6-10,21-23,25,28,34H,11-20,24H2,1-5H3,(H,45,46,48)(H,47,55,56). The number of nitrogens with zero attached hydrogens (tertiary/aromatic N) is 8. The zero-order valence-electron chi connectivity index (χ0n) is 34.8. The first kappa shape index (κ1) is 42.5. The fourth-order valence-corrected chi connectivity index (χ4v) is 10.9. The minimum Gasteiger partial charge on any atom is -0.370 e. The van der Waals surface area contributed by atoms with Crippen molar-refractivity contribution >= 4 is 72.8 Å². The quantitative estimate of drug-likeness (QED) is 0.184. The highest BCUT2D eigenvalue weighted by molar-refractivity contribution is 7.89. The predicted molar refractivity (Wildman–Crippen MR) is 232 cm³/mol. The summed E-state index contributed by atoms with van der Waals surface area (Å²) in [7, 11) is -0.289. The second kappa shape index (κ2) is 16.3. The molecule has 16 nitrogen and oxygen atoms in total. The molecule has 3 fully saturated rings. The Morgan fingerprint density at radius 1 is 1.03 bits per heavy atom. The van der Waals surface area contributed by atoms with Crippen molar-refractivity contribution in [2.45, 2.75) is 88.0 Å². The molecular formula is C42H50ClFN10O6S. The zero-order chi connectivity index (χ0) is 43.5. The van der Waals surface area contributed by atoms with Crippen LogP contribution in [0.5, 0.6) is 0 Å². The Kier molecular flexibility index (Phi) is 11.3. The maximum Gasteiger partial charge on any atom is 0.329 e. The average Bonchev–Trinajstić information content (AvgIpc) is 3.47. The number of piperidine rings is 3. The number of imide groups is 1. The average molecular weight is 877 g/mol. The molecular weight excluding hydrogens is 827 g/mol. The number of halogens is 2. The molecule has 2 aromatic carbocycles. The lowest BCUT2D eigenvalue weighted by atomic mass is 9.92. The number of carbonyl (C=O) groups is 2. The third-order valence-corrected chi connectivity index (χ3v) is 14.7. The number of hydrogen-bond acceptors (Lipinski definition) is 11. The molecule has 1 atom stereocenters. The van der Waals surface area contributed by atoms with Crippen LogP contribution in [-0.4, -0.2) is 105 Å². The van der Waals surface area contributed by atoms with E-state index in [1.807, 2.05) is 39.1 Å². The Labute approximate surface area is 357 Å². The van der Waals surface area contributed by atoms with Gasteiger partial charge < -0.3 is 15.1 Å². The summed E-state index contributed by atoms with van der Waals surface area (Å²) in [4.78, 5) is 64.1. The summed E-state index contributed by atoms with van der Waals surface area (Å²) in [5.41, 5.74) is 1.66. The first-order valence-electron chi connectivity index (χ1n) is 20.6. The number of hydrogen-bond donors (Lipinski definition) is 2. The maximum atomic E-state index is 16.5. The molecule has 1 unspecified atom stereocenters. The van der Waals surface area contributed by atoms with E-state index in [9.17, 15) is 27.6 Å². The summed E-state index contributed by atoms with van der Waals surface area (Å²) in [5.74, 6) is -0.582. The highest BCUT2D eigenvalue weighted by Crippen LogP contribution is 2.35. The summed E-state index contributed by atoms with van der Waals surface area (Å²) in [6.07, 6.45) is 3.66. The van der Waals surface area contributed by atoms with Crippen LogP contribution < -0.4 is 26.8 Å². The molecule has 0 spiro atoms. The van der Waals surface area contributed by atoms with Gasteiger partial charge in [0.15, 0.2) is 0 Å². The van der Waals surface area contributed by atoms with Crippen LogP contribution in [0, 0.1) is 6.92 Å². The van der Waals surface area contributed by atoms with Crippen molar-refractivity contribution in [3.05, 3.63) is 80.1 Å². The van der Waals surface area contributed by atoms with Crippen LogP contribution in [0.4, 0.5) is 21.7 Å². The van der Waals surface area contributed by atoms with E-state index < -0.39 is 27.6 Å². The summed E-state index contributed by atoms with van der Waals surface area (Å²) in [6, 6.07) is 11.1. The summed E-state index contributed by atoms with van der Waals surface area (Å²) >= 11 is 6.16. The van der Waals surface area contributed by atoms with E-state index in [2.05, 4.69) is 30.4 Å². The van der Waals surface area contributed by atoms with Crippen molar-refractivity contribution in [3.8, 4) is 0 Å². The van der Waals surface area contributed by atoms with E-state index in [1.165, 1.54) is 25.6 Å². The lowest BCUT2D eigenvalue weighted by Gasteiger charge is -2.42. The molecule has 324 valence electrons. The van der Waals surface area contributed by atoms with Gasteiger partial charge in [-0.3, -0.25) is 33.4 Å². The molecule has 61 heavy (non-hydrogen) atoms. The van der Waals surface area contributed by atoms with Crippen molar-refractivity contribution in [1.29, 1.82) is 0 Å². The van der Waals surface area contributed by atoms with Gasteiger partial charge in [0.05, 0.1) is 21.6 Å². The van der Waals surface area contributed by atoms with Crippen molar-refractivity contribution in [1.82, 2.24) is 38.2 Å².